The maximum Gasteiger partial charge on any atom is 0.288 e. The summed E-state index contributed by atoms with van der Waals surface area (Å²) in [6.45, 7) is 5.26. The smallest absolute Gasteiger partial charge is 0.288 e. The standard InChI is InChI=1S/C12H17BrN4O2/c1-9(16-4-2-3-5-16)7-14-12-11(13)6-10(8-15-12)17(18)19/h6,8-9H,2-5,7H2,1H3,(H,14,15). The van der Waals surface area contributed by atoms with Crippen molar-refractivity contribution in [2.24, 2.45) is 0 Å². The van der Waals surface area contributed by atoms with Gasteiger partial charge in [0.1, 0.15) is 12.0 Å². The number of pyridine rings is 1. The molecular formula is C12H17BrN4O2. The van der Waals surface area contributed by atoms with Crippen molar-refractivity contribution in [3.8, 4) is 0 Å². The minimum atomic E-state index is -0.450. The molecule has 104 valence electrons. The minimum absolute atomic E-state index is 0.00924. The van der Waals surface area contributed by atoms with Crippen molar-refractivity contribution >= 4 is 27.4 Å². The molecule has 1 saturated heterocycles. The van der Waals surface area contributed by atoms with Gasteiger partial charge in [0, 0.05) is 18.7 Å². The summed E-state index contributed by atoms with van der Waals surface area (Å²) in [5, 5.41) is 13.9. The molecule has 1 aromatic rings. The SMILES string of the molecule is CC(CNc1ncc([N+](=O)[O-])cc1Br)N1CCCC1. The number of hydrogen-bond donors (Lipinski definition) is 1. The molecule has 0 aliphatic carbocycles. The summed E-state index contributed by atoms with van der Waals surface area (Å²) in [5.41, 5.74) is -0.00924. The van der Waals surface area contributed by atoms with Crippen LogP contribution >= 0.6 is 15.9 Å². The predicted molar refractivity (Wildman–Crippen MR) is 77.4 cm³/mol. The molecular weight excluding hydrogens is 312 g/mol. The van der Waals surface area contributed by atoms with Gasteiger partial charge in [-0.05, 0) is 48.8 Å². The number of halogens is 1. The highest BCUT2D eigenvalue weighted by Crippen LogP contribution is 2.24. The van der Waals surface area contributed by atoms with Crippen molar-refractivity contribution < 1.29 is 4.92 Å². The van der Waals surface area contributed by atoms with E-state index < -0.39 is 4.92 Å². The Balaban J connectivity index is 1.93. The van der Waals surface area contributed by atoms with Crippen molar-refractivity contribution in [2.75, 3.05) is 25.0 Å². The molecule has 2 heterocycles. The molecule has 1 fully saturated rings. The second kappa shape index (κ2) is 6.29. The molecule has 0 spiro atoms. The van der Waals surface area contributed by atoms with Gasteiger partial charge in [-0.25, -0.2) is 4.98 Å². The lowest BCUT2D eigenvalue weighted by atomic mass is 10.3. The molecule has 0 radical (unpaired) electrons. The van der Waals surface area contributed by atoms with Crippen molar-refractivity contribution in [2.45, 2.75) is 25.8 Å². The van der Waals surface area contributed by atoms with Crippen LogP contribution in [0.5, 0.6) is 0 Å². The van der Waals surface area contributed by atoms with Gasteiger partial charge in [0.05, 0.1) is 9.40 Å². The van der Waals surface area contributed by atoms with Gasteiger partial charge in [-0.1, -0.05) is 0 Å². The molecule has 0 saturated carbocycles. The van der Waals surface area contributed by atoms with Gasteiger partial charge in [0.2, 0.25) is 0 Å². The highest BCUT2D eigenvalue weighted by atomic mass is 79.9. The average molecular weight is 329 g/mol. The second-order valence-electron chi connectivity index (χ2n) is 4.75. The lowest BCUT2D eigenvalue weighted by Gasteiger charge is -2.24. The van der Waals surface area contributed by atoms with Gasteiger partial charge in [-0.3, -0.25) is 15.0 Å². The van der Waals surface area contributed by atoms with Crippen molar-refractivity contribution in [3.63, 3.8) is 0 Å². The lowest BCUT2D eigenvalue weighted by molar-refractivity contribution is -0.385. The first-order valence-electron chi connectivity index (χ1n) is 6.36. The second-order valence-corrected chi connectivity index (χ2v) is 5.61. The minimum Gasteiger partial charge on any atom is -0.368 e. The number of nitrogens with one attached hydrogen (secondary N) is 1. The highest BCUT2D eigenvalue weighted by molar-refractivity contribution is 9.10. The zero-order valence-electron chi connectivity index (χ0n) is 10.8. The summed E-state index contributed by atoms with van der Waals surface area (Å²) in [4.78, 5) is 16.7. The topological polar surface area (TPSA) is 71.3 Å². The fourth-order valence-corrected chi connectivity index (χ4v) is 2.69. The predicted octanol–water partition coefficient (Wildman–Crippen LogP) is 2.65. The van der Waals surface area contributed by atoms with E-state index >= 15 is 0 Å². The van der Waals surface area contributed by atoms with Crippen LogP contribution in [0, 0.1) is 10.1 Å². The van der Waals surface area contributed by atoms with E-state index in [1.54, 1.807) is 0 Å². The van der Waals surface area contributed by atoms with E-state index in [-0.39, 0.29) is 5.69 Å². The van der Waals surface area contributed by atoms with Gasteiger partial charge in [0.15, 0.2) is 0 Å². The molecule has 1 aromatic heterocycles. The number of nitro groups is 1. The molecule has 1 N–H and O–H groups in total. The lowest BCUT2D eigenvalue weighted by Crippen LogP contribution is -2.35. The number of anilines is 1. The van der Waals surface area contributed by atoms with Gasteiger partial charge >= 0.3 is 0 Å². The van der Waals surface area contributed by atoms with Crippen molar-refractivity contribution in [1.82, 2.24) is 9.88 Å². The first-order valence-corrected chi connectivity index (χ1v) is 7.15. The zero-order chi connectivity index (χ0) is 13.8. The van der Waals surface area contributed by atoms with Gasteiger partial charge in [-0.2, -0.15) is 0 Å². The van der Waals surface area contributed by atoms with E-state index in [1.807, 2.05) is 0 Å². The number of hydrogen-bond acceptors (Lipinski definition) is 5. The van der Waals surface area contributed by atoms with Crippen LogP contribution < -0.4 is 5.32 Å². The Labute approximate surface area is 120 Å². The Morgan fingerprint density at radius 1 is 1.58 bits per heavy atom. The van der Waals surface area contributed by atoms with E-state index in [1.165, 1.54) is 25.1 Å². The first-order chi connectivity index (χ1) is 9.08. The van der Waals surface area contributed by atoms with Crippen LogP contribution in [0.4, 0.5) is 11.5 Å². The summed E-state index contributed by atoms with van der Waals surface area (Å²) in [5.74, 6) is 0.650. The Hall–Kier alpha value is -1.21. The highest BCUT2D eigenvalue weighted by Gasteiger charge is 2.18. The van der Waals surface area contributed by atoms with Crippen LogP contribution in [0.25, 0.3) is 0 Å². The average Bonchev–Trinajstić information content (AvgIpc) is 2.90. The van der Waals surface area contributed by atoms with E-state index in [0.29, 0.717) is 16.3 Å². The summed E-state index contributed by atoms with van der Waals surface area (Å²) in [7, 11) is 0. The van der Waals surface area contributed by atoms with E-state index in [0.717, 1.165) is 19.6 Å². The molecule has 1 atom stereocenters. The molecule has 7 heteroatoms. The molecule has 1 unspecified atom stereocenters. The molecule has 0 aromatic carbocycles. The Kier molecular flexibility index (Phi) is 4.71. The number of rotatable bonds is 5. The normalized spacial score (nSPS) is 17.4. The maximum absolute atomic E-state index is 10.6. The maximum atomic E-state index is 10.6. The first kappa shape index (κ1) is 14.2. The van der Waals surface area contributed by atoms with E-state index in [9.17, 15) is 10.1 Å². The largest absolute Gasteiger partial charge is 0.368 e. The van der Waals surface area contributed by atoms with Crippen LogP contribution in [0.1, 0.15) is 19.8 Å². The Bertz CT molecular complexity index is 463. The van der Waals surface area contributed by atoms with Crippen LogP contribution in [0.2, 0.25) is 0 Å². The monoisotopic (exact) mass is 328 g/mol. The third-order valence-corrected chi connectivity index (χ3v) is 3.97. The molecule has 6 nitrogen and oxygen atoms in total. The quantitative estimate of drug-likeness (QED) is 0.664. The summed E-state index contributed by atoms with van der Waals surface area (Å²) < 4.78 is 0.621. The third kappa shape index (κ3) is 3.63. The summed E-state index contributed by atoms with van der Waals surface area (Å²) >= 11 is 3.31. The van der Waals surface area contributed by atoms with E-state index in [2.05, 4.69) is 38.1 Å². The van der Waals surface area contributed by atoms with Crippen LogP contribution in [0.3, 0.4) is 0 Å². The third-order valence-electron chi connectivity index (χ3n) is 3.37. The van der Waals surface area contributed by atoms with Crippen molar-refractivity contribution in [1.29, 1.82) is 0 Å². The fraction of sp³-hybridized carbons (Fsp3) is 0.583. The number of aromatic nitrogens is 1. The van der Waals surface area contributed by atoms with Gasteiger partial charge in [-0.15, -0.1) is 0 Å². The molecule has 2 rings (SSSR count). The summed E-state index contributed by atoms with van der Waals surface area (Å²) in [6, 6.07) is 1.90. The molecule has 1 aliphatic heterocycles. The Morgan fingerprint density at radius 2 is 2.26 bits per heavy atom. The fourth-order valence-electron chi connectivity index (χ4n) is 2.21. The van der Waals surface area contributed by atoms with Gasteiger partial charge < -0.3 is 5.32 Å². The van der Waals surface area contributed by atoms with Crippen molar-refractivity contribution in [3.05, 3.63) is 26.9 Å². The number of nitrogens with zero attached hydrogens (tertiary/aromatic N) is 3. The summed E-state index contributed by atoms with van der Waals surface area (Å²) in [6.07, 6.45) is 3.81. The molecule has 0 amide bonds. The zero-order valence-corrected chi connectivity index (χ0v) is 12.4. The molecule has 0 bridgehead atoms. The number of likely N-dealkylation sites (tertiary alicyclic amines) is 1. The van der Waals surface area contributed by atoms with Crippen LogP contribution in [-0.4, -0.2) is 40.5 Å². The van der Waals surface area contributed by atoms with Crippen LogP contribution in [-0.2, 0) is 0 Å². The molecule has 1 aliphatic rings. The van der Waals surface area contributed by atoms with Crippen LogP contribution in [0.15, 0.2) is 16.7 Å². The van der Waals surface area contributed by atoms with E-state index in [4.69, 9.17) is 0 Å². The molecule has 19 heavy (non-hydrogen) atoms. The Morgan fingerprint density at radius 3 is 2.84 bits per heavy atom. The van der Waals surface area contributed by atoms with Gasteiger partial charge in [0.25, 0.3) is 5.69 Å².